The zero-order valence-electron chi connectivity index (χ0n) is 16.3. The van der Waals surface area contributed by atoms with Crippen molar-refractivity contribution in [3.63, 3.8) is 0 Å². The minimum absolute atomic E-state index is 0.104. The molecular formula is C23H26O4. The highest BCUT2D eigenvalue weighted by molar-refractivity contribution is 5.92. The number of benzene rings is 2. The smallest absolute Gasteiger partial charge is 0.338 e. The lowest BCUT2D eigenvalue weighted by Crippen LogP contribution is -2.19. The molecule has 0 saturated heterocycles. The first kappa shape index (κ1) is 20.5. The molecule has 1 N–H and O–H groups in total. The van der Waals surface area contributed by atoms with Gasteiger partial charge in [0.2, 0.25) is 0 Å². The van der Waals surface area contributed by atoms with Crippen LogP contribution >= 0.6 is 0 Å². The number of esters is 1. The standard InChI is InChI=1S/C23H26O4/c1-15(2)21(24)14-27-23(25)20-12-11-19(13-16(20)3)22(17(4)26-5)18-9-7-6-8-10-18/h6-13,21,24H,1,14H2,2-5H3/b22-17+. The largest absolute Gasteiger partial charge is 0.501 e. The van der Waals surface area contributed by atoms with E-state index in [0.717, 1.165) is 28.0 Å². The van der Waals surface area contributed by atoms with Crippen LogP contribution in [-0.2, 0) is 9.47 Å². The second-order valence-corrected chi connectivity index (χ2v) is 6.49. The van der Waals surface area contributed by atoms with Crippen molar-refractivity contribution in [2.45, 2.75) is 26.9 Å². The Labute approximate surface area is 160 Å². The highest BCUT2D eigenvalue weighted by Gasteiger charge is 2.16. The third kappa shape index (κ3) is 5.08. The third-order valence-electron chi connectivity index (χ3n) is 4.40. The number of aliphatic hydroxyl groups excluding tert-OH is 1. The minimum atomic E-state index is -0.856. The first-order chi connectivity index (χ1) is 12.8. The SMILES string of the molecule is C=C(C)C(O)COC(=O)c1ccc(/C(=C(\C)OC)c2ccccc2)cc1C. The highest BCUT2D eigenvalue weighted by atomic mass is 16.5. The monoisotopic (exact) mass is 366 g/mol. The predicted octanol–water partition coefficient (Wildman–Crippen LogP) is 4.51. The van der Waals surface area contributed by atoms with Gasteiger partial charge >= 0.3 is 5.97 Å². The average Bonchev–Trinajstić information content (AvgIpc) is 2.66. The molecule has 0 aromatic heterocycles. The lowest BCUT2D eigenvalue weighted by Gasteiger charge is -2.15. The van der Waals surface area contributed by atoms with Gasteiger partial charge in [-0.15, -0.1) is 0 Å². The van der Waals surface area contributed by atoms with E-state index in [1.54, 1.807) is 20.1 Å². The molecular weight excluding hydrogens is 340 g/mol. The molecule has 0 radical (unpaired) electrons. The van der Waals surface area contributed by atoms with Crippen LogP contribution in [0.3, 0.4) is 0 Å². The summed E-state index contributed by atoms with van der Waals surface area (Å²) in [6.45, 7) is 9.01. The first-order valence-electron chi connectivity index (χ1n) is 8.77. The topological polar surface area (TPSA) is 55.8 Å². The summed E-state index contributed by atoms with van der Waals surface area (Å²) in [5, 5.41) is 9.73. The molecule has 1 unspecified atom stereocenters. The lowest BCUT2D eigenvalue weighted by atomic mass is 9.94. The van der Waals surface area contributed by atoms with Crippen LogP contribution < -0.4 is 0 Å². The summed E-state index contributed by atoms with van der Waals surface area (Å²) >= 11 is 0. The number of rotatable bonds is 7. The Morgan fingerprint density at radius 3 is 2.33 bits per heavy atom. The number of hydrogen-bond donors (Lipinski definition) is 1. The van der Waals surface area contributed by atoms with E-state index in [2.05, 4.69) is 6.58 Å². The molecule has 1 atom stereocenters. The highest BCUT2D eigenvalue weighted by Crippen LogP contribution is 2.29. The molecule has 2 rings (SSSR count). The van der Waals surface area contributed by atoms with Crippen LogP contribution in [0.5, 0.6) is 0 Å². The molecule has 0 amide bonds. The summed E-state index contributed by atoms with van der Waals surface area (Å²) in [4.78, 5) is 12.3. The van der Waals surface area contributed by atoms with Gasteiger partial charge in [0.05, 0.1) is 12.7 Å². The van der Waals surface area contributed by atoms with Gasteiger partial charge < -0.3 is 14.6 Å². The molecule has 0 aliphatic rings. The fourth-order valence-corrected chi connectivity index (χ4v) is 2.70. The molecule has 142 valence electrons. The third-order valence-corrected chi connectivity index (χ3v) is 4.40. The Balaban J connectivity index is 2.32. The van der Waals surface area contributed by atoms with Crippen LogP contribution in [0.2, 0.25) is 0 Å². The maximum atomic E-state index is 12.3. The average molecular weight is 366 g/mol. The summed E-state index contributed by atoms with van der Waals surface area (Å²) in [6, 6.07) is 15.5. The van der Waals surface area contributed by atoms with Gasteiger partial charge in [-0.05, 0) is 49.1 Å². The zero-order chi connectivity index (χ0) is 20.0. The number of hydrogen-bond acceptors (Lipinski definition) is 4. The van der Waals surface area contributed by atoms with Crippen LogP contribution in [0.25, 0.3) is 5.57 Å². The van der Waals surface area contributed by atoms with Crippen molar-refractivity contribution in [3.8, 4) is 0 Å². The molecule has 0 aliphatic carbocycles. The number of aryl methyl sites for hydroxylation is 1. The van der Waals surface area contributed by atoms with Gasteiger partial charge in [-0.3, -0.25) is 0 Å². The van der Waals surface area contributed by atoms with Gasteiger partial charge in [0.15, 0.2) is 0 Å². The van der Waals surface area contributed by atoms with Crippen LogP contribution in [-0.4, -0.2) is 30.9 Å². The Kier molecular flexibility index (Phi) is 6.97. The number of allylic oxidation sites excluding steroid dienone is 1. The van der Waals surface area contributed by atoms with Gasteiger partial charge in [-0.2, -0.15) is 0 Å². The van der Waals surface area contributed by atoms with Gasteiger partial charge in [0.25, 0.3) is 0 Å². The minimum Gasteiger partial charge on any atom is -0.501 e. The van der Waals surface area contributed by atoms with Gasteiger partial charge in [0.1, 0.15) is 18.5 Å². The van der Waals surface area contributed by atoms with E-state index in [1.165, 1.54) is 0 Å². The fourth-order valence-electron chi connectivity index (χ4n) is 2.70. The van der Waals surface area contributed by atoms with Crippen LogP contribution in [0, 0.1) is 6.92 Å². The van der Waals surface area contributed by atoms with E-state index in [0.29, 0.717) is 11.1 Å². The molecule has 0 heterocycles. The summed E-state index contributed by atoms with van der Waals surface area (Å²) in [7, 11) is 1.64. The van der Waals surface area contributed by atoms with E-state index in [1.807, 2.05) is 56.3 Å². The van der Waals surface area contributed by atoms with Crippen molar-refractivity contribution in [3.05, 3.63) is 88.7 Å². The van der Waals surface area contributed by atoms with E-state index in [-0.39, 0.29) is 6.61 Å². The second-order valence-electron chi connectivity index (χ2n) is 6.49. The molecule has 27 heavy (non-hydrogen) atoms. The van der Waals surface area contributed by atoms with Gasteiger partial charge in [-0.1, -0.05) is 49.0 Å². The van der Waals surface area contributed by atoms with E-state index in [9.17, 15) is 9.90 Å². The molecule has 2 aromatic rings. The van der Waals surface area contributed by atoms with Crippen LogP contribution in [0.4, 0.5) is 0 Å². The summed E-state index contributed by atoms with van der Waals surface area (Å²) in [5.41, 5.74) is 4.78. The predicted molar refractivity (Wildman–Crippen MR) is 107 cm³/mol. The molecule has 0 fully saturated rings. The number of carbonyl (C=O) groups excluding carboxylic acids is 1. The van der Waals surface area contributed by atoms with E-state index >= 15 is 0 Å². The van der Waals surface area contributed by atoms with Crippen LogP contribution in [0.15, 0.2) is 66.4 Å². The molecule has 4 heteroatoms. The second kappa shape index (κ2) is 9.19. The molecule has 0 spiro atoms. The molecule has 0 aliphatic heterocycles. The number of methoxy groups -OCH3 is 1. The van der Waals surface area contributed by atoms with Crippen molar-refractivity contribution < 1.29 is 19.4 Å². The van der Waals surface area contributed by atoms with E-state index in [4.69, 9.17) is 9.47 Å². The van der Waals surface area contributed by atoms with Crippen molar-refractivity contribution in [2.24, 2.45) is 0 Å². The zero-order valence-corrected chi connectivity index (χ0v) is 16.3. The van der Waals surface area contributed by atoms with Gasteiger partial charge in [0, 0.05) is 5.57 Å². The number of aliphatic hydroxyl groups is 1. The normalized spacial score (nSPS) is 12.8. The van der Waals surface area contributed by atoms with Gasteiger partial charge in [-0.25, -0.2) is 4.79 Å². The molecule has 2 aromatic carbocycles. The van der Waals surface area contributed by atoms with Crippen molar-refractivity contribution in [1.82, 2.24) is 0 Å². The van der Waals surface area contributed by atoms with Crippen molar-refractivity contribution in [1.29, 1.82) is 0 Å². The maximum Gasteiger partial charge on any atom is 0.338 e. The summed E-state index contributed by atoms with van der Waals surface area (Å²) in [6.07, 6.45) is -0.856. The number of ether oxygens (including phenoxy) is 2. The molecule has 4 nitrogen and oxygen atoms in total. The summed E-state index contributed by atoms with van der Waals surface area (Å²) < 4.78 is 10.7. The lowest BCUT2D eigenvalue weighted by molar-refractivity contribution is 0.0327. The Hall–Kier alpha value is -2.85. The quantitative estimate of drug-likeness (QED) is 0.445. The fraction of sp³-hybridized carbons (Fsp3) is 0.261. The summed E-state index contributed by atoms with van der Waals surface area (Å²) in [5.74, 6) is 0.327. The Morgan fingerprint density at radius 1 is 1.11 bits per heavy atom. The van der Waals surface area contributed by atoms with E-state index < -0.39 is 12.1 Å². The van der Waals surface area contributed by atoms with Crippen molar-refractivity contribution in [2.75, 3.05) is 13.7 Å². The molecule has 0 saturated carbocycles. The van der Waals surface area contributed by atoms with Crippen molar-refractivity contribution >= 4 is 11.5 Å². The molecule has 0 bridgehead atoms. The first-order valence-corrected chi connectivity index (χ1v) is 8.77. The Bertz CT molecular complexity index is 850. The number of carbonyl (C=O) groups is 1. The maximum absolute atomic E-state index is 12.3. The van der Waals surface area contributed by atoms with Crippen LogP contribution in [0.1, 0.15) is 40.9 Å². The Morgan fingerprint density at radius 2 is 1.78 bits per heavy atom.